The van der Waals surface area contributed by atoms with Crippen molar-refractivity contribution in [3.63, 3.8) is 0 Å². The van der Waals surface area contributed by atoms with Crippen LogP contribution in [0.5, 0.6) is 5.75 Å². The Hall–Kier alpha value is -0.840. The van der Waals surface area contributed by atoms with Crippen molar-refractivity contribution in [2.75, 3.05) is 14.2 Å². The largest absolute Gasteiger partial charge is 0.496 e. The van der Waals surface area contributed by atoms with Gasteiger partial charge in [0.15, 0.2) is 0 Å². The molecule has 2 aromatic rings. The average molecular weight is 413 g/mol. The van der Waals surface area contributed by atoms with E-state index >= 15 is 0 Å². The molecule has 0 heterocycles. The molecule has 21 heavy (non-hydrogen) atoms. The van der Waals surface area contributed by atoms with E-state index in [2.05, 4.69) is 81.4 Å². The molecular formula is C17H19Br2NO. The van der Waals surface area contributed by atoms with Gasteiger partial charge < -0.3 is 10.1 Å². The molecule has 0 amide bonds. The first-order valence-electron chi connectivity index (χ1n) is 6.76. The second-order valence-corrected chi connectivity index (χ2v) is 6.69. The molecule has 1 atom stereocenters. The van der Waals surface area contributed by atoms with Crippen LogP contribution in [0.3, 0.4) is 0 Å². The van der Waals surface area contributed by atoms with Crippen molar-refractivity contribution >= 4 is 31.9 Å². The van der Waals surface area contributed by atoms with Gasteiger partial charge in [-0.2, -0.15) is 0 Å². The summed E-state index contributed by atoms with van der Waals surface area (Å²) in [5.41, 5.74) is 4.70. The molecule has 0 saturated carbocycles. The Balaban J connectivity index is 2.61. The molecule has 0 spiro atoms. The maximum atomic E-state index is 5.58. The van der Waals surface area contributed by atoms with Crippen LogP contribution in [0.25, 0.3) is 0 Å². The predicted molar refractivity (Wildman–Crippen MR) is 95.2 cm³/mol. The summed E-state index contributed by atoms with van der Waals surface area (Å²) in [4.78, 5) is 0. The van der Waals surface area contributed by atoms with E-state index in [1.807, 2.05) is 7.05 Å². The summed E-state index contributed by atoms with van der Waals surface area (Å²) in [7, 11) is 3.68. The lowest BCUT2D eigenvalue weighted by molar-refractivity contribution is 0.405. The lowest BCUT2D eigenvalue weighted by atomic mass is 9.96. The zero-order chi connectivity index (χ0) is 15.6. The van der Waals surface area contributed by atoms with E-state index < -0.39 is 0 Å². The SMILES string of the molecule is CNC(c1cc(Br)c(C)cc1OC)c1cccc(C)c1Br. The molecule has 0 radical (unpaired) electrons. The monoisotopic (exact) mass is 411 g/mol. The molecule has 1 unspecified atom stereocenters. The summed E-state index contributed by atoms with van der Waals surface area (Å²) < 4.78 is 7.79. The summed E-state index contributed by atoms with van der Waals surface area (Å²) >= 11 is 7.32. The summed E-state index contributed by atoms with van der Waals surface area (Å²) in [6.45, 7) is 4.16. The summed E-state index contributed by atoms with van der Waals surface area (Å²) in [5.74, 6) is 0.892. The zero-order valence-corrected chi connectivity index (χ0v) is 15.8. The molecule has 0 aliphatic rings. The van der Waals surface area contributed by atoms with Crippen molar-refractivity contribution < 1.29 is 4.74 Å². The van der Waals surface area contributed by atoms with E-state index in [1.165, 1.54) is 11.1 Å². The molecule has 112 valence electrons. The Morgan fingerprint density at radius 2 is 1.76 bits per heavy atom. The number of nitrogens with one attached hydrogen (secondary N) is 1. The zero-order valence-electron chi connectivity index (χ0n) is 12.6. The van der Waals surface area contributed by atoms with Gasteiger partial charge in [0.1, 0.15) is 5.75 Å². The van der Waals surface area contributed by atoms with Gasteiger partial charge in [0.05, 0.1) is 13.2 Å². The Kier molecular flexibility index (Phi) is 5.47. The van der Waals surface area contributed by atoms with Gasteiger partial charge in [-0.05, 0) is 49.7 Å². The molecule has 2 aromatic carbocycles. The topological polar surface area (TPSA) is 21.3 Å². The molecule has 2 nitrogen and oxygen atoms in total. The minimum Gasteiger partial charge on any atom is -0.496 e. The van der Waals surface area contributed by atoms with Gasteiger partial charge in [-0.15, -0.1) is 0 Å². The van der Waals surface area contributed by atoms with Crippen LogP contribution in [0.1, 0.15) is 28.3 Å². The quantitative estimate of drug-likeness (QED) is 0.749. The third kappa shape index (κ3) is 3.33. The lowest BCUT2D eigenvalue weighted by Gasteiger charge is -2.22. The van der Waals surface area contributed by atoms with Crippen LogP contribution in [-0.2, 0) is 0 Å². The van der Waals surface area contributed by atoms with Gasteiger partial charge in [0.2, 0.25) is 0 Å². The normalized spacial score (nSPS) is 12.3. The van der Waals surface area contributed by atoms with Crippen molar-refractivity contribution in [3.8, 4) is 5.75 Å². The standard InChI is InChI=1S/C17H19Br2NO/c1-10-6-5-7-12(16(10)19)17(20-3)13-9-14(18)11(2)8-15(13)21-4/h5-9,17,20H,1-4H3. The van der Waals surface area contributed by atoms with Gasteiger partial charge in [-0.3, -0.25) is 0 Å². The fourth-order valence-corrected chi connectivity index (χ4v) is 3.30. The van der Waals surface area contributed by atoms with Gasteiger partial charge in [-0.1, -0.05) is 50.1 Å². The first-order chi connectivity index (χ1) is 9.99. The molecule has 1 N–H and O–H groups in total. The van der Waals surface area contributed by atoms with E-state index in [0.717, 1.165) is 25.8 Å². The Labute approximate surface area is 143 Å². The molecule has 0 fully saturated rings. The van der Waals surface area contributed by atoms with E-state index in [1.54, 1.807) is 7.11 Å². The summed E-state index contributed by atoms with van der Waals surface area (Å²) in [6.07, 6.45) is 0. The number of aryl methyl sites for hydroxylation is 2. The predicted octanol–water partition coefficient (Wildman–Crippen LogP) is 5.15. The van der Waals surface area contributed by atoms with Crippen molar-refractivity contribution in [1.29, 1.82) is 0 Å². The van der Waals surface area contributed by atoms with Crippen molar-refractivity contribution in [1.82, 2.24) is 5.32 Å². The minimum atomic E-state index is 0.0612. The maximum Gasteiger partial charge on any atom is 0.124 e. The third-order valence-corrected chi connectivity index (χ3v) is 5.58. The number of hydrogen-bond donors (Lipinski definition) is 1. The Morgan fingerprint density at radius 3 is 2.38 bits per heavy atom. The molecule has 2 rings (SSSR count). The lowest BCUT2D eigenvalue weighted by Crippen LogP contribution is -2.19. The molecule has 4 heteroatoms. The highest BCUT2D eigenvalue weighted by molar-refractivity contribution is 9.10. The number of methoxy groups -OCH3 is 1. The van der Waals surface area contributed by atoms with Gasteiger partial charge >= 0.3 is 0 Å². The third-order valence-electron chi connectivity index (χ3n) is 3.64. The number of ether oxygens (including phenoxy) is 1. The van der Waals surface area contributed by atoms with Crippen LogP contribution in [0.2, 0.25) is 0 Å². The van der Waals surface area contributed by atoms with Crippen LogP contribution in [0, 0.1) is 13.8 Å². The van der Waals surface area contributed by atoms with E-state index in [4.69, 9.17) is 4.74 Å². The van der Waals surface area contributed by atoms with Crippen molar-refractivity contribution in [2.45, 2.75) is 19.9 Å². The Bertz CT molecular complexity index is 655. The molecular weight excluding hydrogens is 394 g/mol. The molecule has 0 saturated heterocycles. The molecule has 0 aliphatic heterocycles. The average Bonchev–Trinajstić information content (AvgIpc) is 2.47. The smallest absolute Gasteiger partial charge is 0.124 e. The number of rotatable bonds is 4. The van der Waals surface area contributed by atoms with Gasteiger partial charge in [0.25, 0.3) is 0 Å². The van der Waals surface area contributed by atoms with Crippen molar-refractivity contribution in [3.05, 3.63) is 61.5 Å². The van der Waals surface area contributed by atoms with Crippen LogP contribution >= 0.6 is 31.9 Å². The molecule has 0 bridgehead atoms. The summed E-state index contributed by atoms with van der Waals surface area (Å²) in [6, 6.07) is 10.6. The molecule has 0 aromatic heterocycles. The highest BCUT2D eigenvalue weighted by Gasteiger charge is 2.20. The highest BCUT2D eigenvalue weighted by atomic mass is 79.9. The first-order valence-corrected chi connectivity index (χ1v) is 8.34. The van der Waals surface area contributed by atoms with Crippen LogP contribution in [-0.4, -0.2) is 14.2 Å². The number of hydrogen-bond acceptors (Lipinski definition) is 2. The fraction of sp³-hybridized carbons (Fsp3) is 0.294. The minimum absolute atomic E-state index is 0.0612. The van der Waals surface area contributed by atoms with Gasteiger partial charge in [-0.25, -0.2) is 0 Å². The fourth-order valence-electron chi connectivity index (χ4n) is 2.44. The van der Waals surface area contributed by atoms with Crippen LogP contribution in [0.15, 0.2) is 39.3 Å². The van der Waals surface area contributed by atoms with E-state index in [0.29, 0.717) is 0 Å². The van der Waals surface area contributed by atoms with Gasteiger partial charge in [0, 0.05) is 14.5 Å². The van der Waals surface area contributed by atoms with E-state index in [9.17, 15) is 0 Å². The molecule has 0 aliphatic carbocycles. The Morgan fingerprint density at radius 1 is 1.05 bits per heavy atom. The summed E-state index contributed by atoms with van der Waals surface area (Å²) in [5, 5.41) is 3.39. The van der Waals surface area contributed by atoms with E-state index in [-0.39, 0.29) is 6.04 Å². The first kappa shape index (κ1) is 16.5. The second-order valence-electron chi connectivity index (χ2n) is 5.04. The second kappa shape index (κ2) is 6.95. The number of halogens is 2. The van der Waals surface area contributed by atoms with Crippen molar-refractivity contribution in [2.24, 2.45) is 0 Å². The highest BCUT2D eigenvalue weighted by Crippen LogP contribution is 2.37. The number of benzene rings is 2. The maximum absolute atomic E-state index is 5.58. The van der Waals surface area contributed by atoms with Crippen LogP contribution < -0.4 is 10.1 Å². The van der Waals surface area contributed by atoms with Crippen LogP contribution in [0.4, 0.5) is 0 Å².